The average Bonchev–Trinajstić information content (AvgIpc) is 2.43. The molecule has 7 heteroatoms. The minimum atomic E-state index is -0.834. The van der Waals surface area contributed by atoms with E-state index in [0.29, 0.717) is 11.1 Å². The zero-order valence-electron chi connectivity index (χ0n) is 11.0. The summed E-state index contributed by atoms with van der Waals surface area (Å²) in [6.07, 6.45) is 0. The molecule has 0 spiro atoms. The highest BCUT2D eigenvalue weighted by Crippen LogP contribution is 2.33. The van der Waals surface area contributed by atoms with Crippen molar-refractivity contribution in [1.29, 1.82) is 0 Å². The molecule has 21 heavy (non-hydrogen) atoms. The summed E-state index contributed by atoms with van der Waals surface area (Å²) in [6, 6.07) is 6.99. The van der Waals surface area contributed by atoms with Crippen LogP contribution in [0.15, 0.2) is 34.8 Å². The molecule has 2 rings (SSSR count). The first-order chi connectivity index (χ1) is 9.92. The number of aryl methyl sites for hydroxylation is 1. The second-order valence-electron chi connectivity index (χ2n) is 4.34. The van der Waals surface area contributed by atoms with Gasteiger partial charge in [-0.25, -0.2) is 4.39 Å². The van der Waals surface area contributed by atoms with Crippen LogP contribution in [0.25, 0.3) is 0 Å². The van der Waals surface area contributed by atoms with Crippen LogP contribution in [-0.4, -0.2) is 10.0 Å². The first kappa shape index (κ1) is 15.4. The molecule has 2 aromatic rings. The van der Waals surface area contributed by atoms with Crippen molar-refractivity contribution in [1.82, 2.24) is 0 Å². The maximum atomic E-state index is 13.9. The molecule has 0 unspecified atom stereocenters. The van der Waals surface area contributed by atoms with Gasteiger partial charge in [0.25, 0.3) is 5.69 Å². The second-order valence-corrected chi connectivity index (χ2v) is 5.25. The Hall–Kier alpha value is -1.99. The van der Waals surface area contributed by atoms with Crippen LogP contribution in [0.5, 0.6) is 11.5 Å². The fourth-order valence-corrected chi connectivity index (χ4v) is 2.22. The lowest BCUT2D eigenvalue weighted by molar-refractivity contribution is -0.385. The largest absolute Gasteiger partial charge is 0.454 e. The number of nitro groups is 1. The van der Waals surface area contributed by atoms with Gasteiger partial charge in [0, 0.05) is 15.6 Å². The monoisotopic (exact) mass is 355 g/mol. The summed E-state index contributed by atoms with van der Waals surface area (Å²) in [5, 5.41) is 20.0. The number of aliphatic hydroxyl groups is 1. The molecule has 110 valence electrons. The van der Waals surface area contributed by atoms with E-state index in [-0.39, 0.29) is 23.8 Å². The smallest absolute Gasteiger partial charge is 0.275 e. The molecule has 0 aromatic heterocycles. The highest BCUT2D eigenvalue weighted by atomic mass is 79.9. The highest BCUT2D eigenvalue weighted by Gasteiger charge is 2.17. The van der Waals surface area contributed by atoms with Gasteiger partial charge in [0.1, 0.15) is 5.75 Å². The quantitative estimate of drug-likeness (QED) is 0.662. The number of hydrogen-bond acceptors (Lipinski definition) is 4. The zero-order valence-corrected chi connectivity index (χ0v) is 12.6. The highest BCUT2D eigenvalue weighted by molar-refractivity contribution is 9.10. The average molecular weight is 356 g/mol. The van der Waals surface area contributed by atoms with Crippen molar-refractivity contribution in [3.8, 4) is 11.5 Å². The van der Waals surface area contributed by atoms with Gasteiger partial charge in [-0.2, -0.15) is 0 Å². The Balaban J connectivity index is 2.41. The second kappa shape index (κ2) is 6.19. The summed E-state index contributed by atoms with van der Waals surface area (Å²) in [6.45, 7) is 1.22. The van der Waals surface area contributed by atoms with Crippen molar-refractivity contribution in [3.05, 3.63) is 61.9 Å². The van der Waals surface area contributed by atoms with Gasteiger partial charge in [0.05, 0.1) is 17.6 Å². The lowest BCUT2D eigenvalue weighted by Crippen LogP contribution is -1.97. The van der Waals surface area contributed by atoms with E-state index in [1.54, 1.807) is 18.2 Å². The number of aliphatic hydroxyl groups excluding tert-OH is 1. The number of ether oxygens (including phenoxy) is 1. The summed E-state index contributed by atoms with van der Waals surface area (Å²) in [4.78, 5) is 10.1. The van der Waals surface area contributed by atoms with Crippen LogP contribution in [0.4, 0.5) is 10.1 Å². The predicted molar refractivity (Wildman–Crippen MR) is 77.9 cm³/mol. The van der Waals surface area contributed by atoms with Crippen LogP contribution in [0.1, 0.15) is 11.1 Å². The van der Waals surface area contributed by atoms with Crippen LogP contribution in [0, 0.1) is 22.9 Å². The molecule has 0 saturated carbocycles. The molecular weight excluding hydrogens is 345 g/mol. The third-order valence-corrected chi connectivity index (χ3v) is 3.35. The number of rotatable bonds is 4. The molecule has 0 radical (unpaired) electrons. The third kappa shape index (κ3) is 3.37. The van der Waals surface area contributed by atoms with E-state index in [1.807, 2.05) is 0 Å². The first-order valence-corrected chi connectivity index (χ1v) is 6.73. The van der Waals surface area contributed by atoms with E-state index >= 15 is 0 Å². The van der Waals surface area contributed by atoms with Crippen molar-refractivity contribution in [2.24, 2.45) is 0 Å². The Kier molecular flexibility index (Phi) is 4.54. The minimum absolute atomic E-state index is 0.130. The van der Waals surface area contributed by atoms with Crippen LogP contribution in [0.3, 0.4) is 0 Å². The fraction of sp³-hybridized carbons (Fsp3) is 0.143. The number of nitrogens with zero attached hydrogens (tertiary/aromatic N) is 1. The van der Waals surface area contributed by atoms with Crippen LogP contribution in [0.2, 0.25) is 0 Å². The van der Waals surface area contributed by atoms with E-state index in [1.165, 1.54) is 13.0 Å². The molecule has 0 saturated heterocycles. The van der Waals surface area contributed by atoms with Gasteiger partial charge in [-0.3, -0.25) is 10.1 Å². The topological polar surface area (TPSA) is 72.6 Å². The van der Waals surface area contributed by atoms with Crippen molar-refractivity contribution in [3.63, 3.8) is 0 Å². The van der Waals surface area contributed by atoms with E-state index in [2.05, 4.69) is 15.9 Å². The Morgan fingerprint density at radius 1 is 1.33 bits per heavy atom. The molecular formula is C14H11BrFNO4. The summed E-state index contributed by atoms with van der Waals surface area (Å²) < 4.78 is 20.1. The van der Waals surface area contributed by atoms with Crippen LogP contribution in [-0.2, 0) is 6.61 Å². The summed E-state index contributed by atoms with van der Waals surface area (Å²) >= 11 is 3.26. The van der Waals surface area contributed by atoms with Crippen molar-refractivity contribution < 1.29 is 19.2 Å². The van der Waals surface area contributed by atoms with Gasteiger partial charge in [-0.1, -0.05) is 15.9 Å². The Morgan fingerprint density at radius 2 is 2.05 bits per heavy atom. The normalized spacial score (nSPS) is 10.5. The predicted octanol–water partition coefficient (Wildman–Crippen LogP) is 4.09. The number of nitro benzene ring substituents is 1. The van der Waals surface area contributed by atoms with Gasteiger partial charge < -0.3 is 9.84 Å². The van der Waals surface area contributed by atoms with Crippen molar-refractivity contribution >= 4 is 21.6 Å². The summed E-state index contributed by atoms with van der Waals surface area (Å²) in [5.74, 6) is -0.679. The number of benzene rings is 2. The van der Waals surface area contributed by atoms with Crippen LogP contribution >= 0.6 is 15.9 Å². The van der Waals surface area contributed by atoms with E-state index in [4.69, 9.17) is 4.74 Å². The number of hydrogen-bond donors (Lipinski definition) is 1. The lowest BCUT2D eigenvalue weighted by Gasteiger charge is -2.11. The molecule has 1 N–H and O–H groups in total. The van der Waals surface area contributed by atoms with Gasteiger partial charge >= 0.3 is 0 Å². The molecule has 0 fully saturated rings. The zero-order chi connectivity index (χ0) is 15.6. The van der Waals surface area contributed by atoms with E-state index in [0.717, 1.165) is 10.5 Å². The number of halogens is 2. The lowest BCUT2D eigenvalue weighted by atomic mass is 10.2. The molecule has 0 bridgehead atoms. The Bertz CT molecular complexity index is 706. The summed E-state index contributed by atoms with van der Waals surface area (Å²) in [5.41, 5.74) is 0.455. The van der Waals surface area contributed by atoms with Gasteiger partial charge in [0.2, 0.25) is 0 Å². The first-order valence-electron chi connectivity index (χ1n) is 5.94. The van der Waals surface area contributed by atoms with Crippen molar-refractivity contribution in [2.75, 3.05) is 0 Å². The Labute approximate surface area is 128 Å². The molecule has 0 heterocycles. The standard InChI is InChI=1S/C14H11BrFNO4/c1-8-4-14(11(16)6-12(8)17(19)20)21-13-3-2-10(15)5-9(13)7-18/h2-6,18H,7H2,1H3. The maximum absolute atomic E-state index is 13.9. The molecule has 0 aliphatic carbocycles. The fourth-order valence-electron chi connectivity index (χ4n) is 1.81. The van der Waals surface area contributed by atoms with Crippen molar-refractivity contribution in [2.45, 2.75) is 13.5 Å². The van der Waals surface area contributed by atoms with Gasteiger partial charge in [-0.15, -0.1) is 0 Å². The van der Waals surface area contributed by atoms with Gasteiger partial charge in [0.15, 0.2) is 11.6 Å². The Morgan fingerprint density at radius 3 is 2.67 bits per heavy atom. The molecule has 5 nitrogen and oxygen atoms in total. The SMILES string of the molecule is Cc1cc(Oc2ccc(Br)cc2CO)c(F)cc1[N+](=O)[O-]. The third-order valence-electron chi connectivity index (χ3n) is 2.86. The van der Waals surface area contributed by atoms with E-state index < -0.39 is 10.7 Å². The summed E-state index contributed by atoms with van der Waals surface area (Å²) in [7, 11) is 0. The van der Waals surface area contributed by atoms with Gasteiger partial charge in [-0.05, 0) is 31.2 Å². The molecule has 0 amide bonds. The van der Waals surface area contributed by atoms with Crippen LogP contribution < -0.4 is 4.74 Å². The maximum Gasteiger partial charge on any atom is 0.275 e. The molecule has 0 atom stereocenters. The molecule has 2 aromatic carbocycles. The van der Waals surface area contributed by atoms with E-state index in [9.17, 15) is 19.6 Å². The minimum Gasteiger partial charge on any atom is -0.454 e. The molecule has 0 aliphatic heterocycles. The molecule has 0 aliphatic rings.